The first kappa shape index (κ1) is 27.1. The molecule has 1 heterocycles. The number of carbonyl (C=O) groups is 2. The van der Waals surface area contributed by atoms with Crippen LogP contribution in [0.4, 0.5) is 0 Å². The third-order valence-electron chi connectivity index (χ3n) is 5.47. The fourth-order valence-corrected chi connectivity index (χ4v) is 7.88. The Morgan fingerprint density at radius 3 is 2.19 bits per heavy atom. The molecule has 0 saturated carbocycles. The van der Waals surface area contributed by atoms with E-state index >= 15 is 0 Å². The monoisotopic (exact) mass is 581 g/mol. The van der Waals surface area contributed by atoms with Crippen LogP contribution >= 0.6 is 23.4 Å². The fraction of sp³-hybridized carbons (Fsp3) is 0.130. The van der Waals surface area contributed by atoms with Gasteiger partial charge in [0.15, 0.2) is 0 Å². The fourth-order valence-electron chi connectivity index (χ4n) is 3.58. The molecule has 2 amide bonds. The zero-order valence-electron chi connectivity index (χ0n) is 18.9. The van der Waals surface area contributed by atoms with Crippen LogP contribution in [-0.2, 0) is 24.8 Å². The lowest BCUT2D eigenvalue weighted by Gasteiger charge is -2.19. The molecule has 3 aromatic rings. The van der Waals surface area contributed by atoms with E-state index in [2.05, 4.69) is 4.72 Å². The van der Waals surface area contributed by atoms with E-state index in [1.165, 1.54) is 35.8 Å². The average Bonchev–Trinajstić information content (AvgIpc) is 3.08. The highest BCUT2D eigenvalue weighted by atomic mass is 35.5. The number of nitrogens with one attached hydrogen (secondary N) is 2. The molecule has 0 saturated heterocycles. The van der Waals surface area contributed by atoms with E-state index < -0.39 is 37.9 Å². The van der Waals surface area contributed by atoms with Crippen LogP contribution in [0.2, 0.25) is 5.02 Å². The van der Waals surface area contributed by atoms with Gasteiger partial charge in [-0.25, -0.2) is 26.6 Å². The smallest absolute Gasteiger partial charge is 0.269 e. The Balaban J connectivity index is 1.45. The summed E-state index contributed by atoms with van der Waals surface area (Å²) in [5, 5.41) is 9.66. The Hall–Kier alpha value is -2.94. The molecule has 0 unspecified atom stereocenters. The van der Waals surface area contributed by atoms with Crippen molar-refractivity contribution >= 4 is 55.2 Å². The number of amides is 2. The first-order valence-corrected chi connectivity index (χ1v) is 15.1. The molecule has 0 aromatic heterocycles. The van der Waals surface area contributed by atoms with Crippen molar-refractivity contribution in [3.05, 3.63) is 83.4 Å². The third kappa shape index (κ3) is 5.66. The van der Waals surface area contributed by atoms with E-state index in [4.69, 9.17) is 16.8 Å². The summed E-state index contributed by atoms with van der Waals surface area (Å²) in [7, 11) is -8.26. The van der Waals surface area contributed by atoms with Gasteiger partial charge in [0.05, 0.1) is 16.3 Å². The van der Waals surface area contributed by atoms with Crippen molar-refractivity contribution in [1.29, 1.82) is 0 Å². The van der Waals surface area contributed by atoms with Gasteiger partial charge in [0.1, 0.15) is 10.9 Å². The zero-order valence-corrected chi connectivity index (χ0v) is 22.1. The number of hydroxylamine groups is 1. The SMILES string of the molecule is O=C(NO)[C@@H](CSCN1C(=O)c2ccccc2S1(=O)=O)NS(=O)(=O)c1ccc(-c2ccc(Cl)cc2)cc1. The maximum Gasteiger partial charge on any atom is 0.269 e. The predicted octanol–water partition coefficient (Wildman–Crippen LogP) is 2.69. The van der Waals surface area contributed by atoms with Crippen molar-refractivity contribution in [3.8, 4) is 11.1 Å². The number of fused-ring (bicyclic) bond motifs is 1. The van der Waals surface area contributed by atoms with Crippen LogP contribution < -0.4 is 10.2 Å². The van der Waals surface area contributed by atoms with Crippen LogP contribution in [0.1, 0.15) is 10.4 Å². The van der Waals surface area contributed by atoms with Crippen molar-refractivity contribution in [1.82, 2.24) is 14.5 Å². The minimum Gasteiger partial charge on any atom is -0.289 e. The lowest BCUT2D eigenvalue weighted by Crippen LogP contribution is -2.47. The number of nitrogens with zero attached hydrogens (tertiary/aromatic N) is 1. The number of halogens is 1. The molecule has 4 rings (SSSR count). The molecule has 1 aliphatic rings. The number of sulfonamides is 2. The van der Waals surface area contributed by atoms with Gasteiger partial charge in [-0.15, -0.1) is 11.8 Å². The lowest BCUT2D eigenvalue weighted by molar-refractivity contribution is -0.130. The minimum atomic E-state index is -4.20. The molecule has 3 aromatic carbocycles. The molecular formula is C23H20ClN3O7S3. The Morgan fingerprint density at radius 2 is 1.59 bits per heavy atom. The number of hydrogen-bond donors (Lipinski definition) is 3. The molecule has 0 bridgehead atoms. The summed E-state index contributed by atoms with van der Waals surface area (Å²) >= 11 is 6.73. The molecule has 1 aliphatic heterocycles. The van der Waals surface area contributed by atoms with Gasteiger partial charge in [0.25, 0.3) is 21.8 Å². The van der Waals surface area contributed by atoms with Gasteiger partial charge in [-0.3, -0.25) is 14.8 Å². The molecular weight excluding hydrogens is 562 g/mol. The summed E-state index contributed by atoms with van der Waals surface area (Å²) in [5.41, 5.74) is 3.01. The van der Waals surface area contributed by atoms with E-state index in [1.807, 2.05) is 0 Å². The standard InChI is InChI=1S/C23H20ClN3O7S3/c24-17-9-5-15(6-10-17)16-7-11-18(12-8-16)36(31,32)26-20(22(28)25-30)13-35-14-27-23(29)19-3-1-2-4-21(19)37(27,33)34/h1-12,20,26,30H,13-14H2,(H,25,28)/t20-/m1/s1. The quantitative estimate of drug-likeness (QED) is 0.258. The normalized spacial score (nSPS) is 15.3. The molecule has 10 nitrogen and oxygen atoms in total. The Bertz CT molecular complexity index is 1550. The summed E-state index contributed by atoms with van der Waals surface area (Å²) in [6, 6.07) is 17.2. The lowest BCUT2D eigenvalue weighted by atomic mass is 10.1. The van der Waals surface area contributed by atoms with Crippen molar-refractivity contribution < 1.29 is 31.6 Å². The van der Waals surface area contributed by atoms with E-state index in [0.29, 0.717) is 9.33 Å². The van der Waals surface area contributed by atoms with E-state index in [0.717, 1.165) is 22.9 Å². The van der Waals surface area contributed by atoms with Crippen molar-refractivity contribution in [3.63, 3.8) is 0 Å². The Morgan fingerprint density at radius 1 is 1.00 bits per heavy atom. The summed E-state index contributed by atoms with van der Waals surface area (Å²) in [4.78, 5) is 24.5. The number of hydrogen-bond acceptors (Lipinski definition) is 8. The second-order valence-corrected chi connectivity index (χ2v) is 12.8. The molecule has 0 spiro atoms. The van der Waals surface area contributed by atoms with Crippen molar-refractivity contribution in [2.75, 3.05) is 11.6 Å². The number of thioether (sulfide) groups is 1. The molecule has 0 aliphatic carbocycles. The molecule has 194 valence electrons. The summed E-state index contributed by atoms with van der Waals surface area (Å²) < 4.78 is 54.1. The van der Waals surface area contributed by atoms with Gasteiger partial charge in [-0.2, -0.15) is 4.72 Å². The van der Waals surface area contributed by atoms with Crippen molar-refractivity contribution in [2.45, 2.75) is 15.8 Å². The number of benzene rings is 3. The largest absolute Gasteiger partial charge is 0.289 e. The Labute approximate surface area is 222 Å². The van der Waals surface area contributed by atoms with Crippen molar-refractivity contribution in [2.24, 2.45) is 0 Å². The molecule has 37 heavy (non-hydrogen) atoms. The van der Waals surface area contributed by atoms with E-state index in [9.17, 15) is 26.4 Å². The highest BCUT2D eigenvalue weighted by Gasteiger charge is 2.41. The van der Waals surface area contributed by atoms with Gasteiger partial charge in [0, 0.05) is 10.8 Å². The summed E-state index contributed by atoms with van der Waals surface area (Å²) in [6.07, 6.45) is 0. The predicted molar refractivity (Wildman–Crippen MR) is 138 cm³/mol. The molecule has 3 N–H and O–H groups in total. The third-order valence-corrected chi connectivity index (χ3v) is 10.2. The van der Waals surface area contributed by atoms with Crippen LogP contribution in [0.5, 0.6) is 0 Å². The van der Waals surface area contributed by atoms with Gasteiger partial charge < -0.3 is 0 Å². The highest BCUT2D eigenvalue weighted by molar-refractivity contribution is 8.00. The van der Waals surface area contributed by atoms with Crippen LogP contribution in [0.3, 0.4) is 0 Å². The van der Waals surface area contributed by atoms with Crippen LogP contribution in [0, 0.1) is 0 Å². The minimum absolute atomic E-state index is 0.0375. The maximum absolute atomic E-state index is 12.9. The highest BCUT2D eigenvalue weighted by Crippen LogP contribution is 2.31. The summed E-state index contributed by atoms with van der Waals surface area (Å²) in [6.45, 7) is 0. The van der Waals surface area contributed by atoms with E-state index in [1.54, 1.807) is 42.5 Å². The topological polar surface area (TPSA) is 150 Å². The molecule has 1 atom stereocenters. The number of carbonyl (C=O) groups excluding carboxylic acids is 2. The summed E-state index contributed by atoms with van der Waals surface area (Å²) in [5.74, 6) is -2.40. The van der Waals surface area contributed by atoms with E-state index in [-0.39, 0.29) is 27.0 Å². The van der Waals surface area contributed by atoms with Gasteiger partial charge in [-0.05, 0) is 47.5 Å². The maximum atomic E-state index is 12.9. The zero-order chi connectivity index (χ0) is 26.8. The number of rotatable bonds is 9. The molecule has 0 radical (unpaired) electrons. The first-order chi connectivity index (χ1) is 17.5. The first-order valence-electron chi connectivity index (χ1n) is 10.6. The molecule has 14 heteroatoms. The molecule has 0 fully saturated rings. The second kappa shape index (κ2) is 10.8. The second-order valence-electron chi connectivity index (χ2n) is 7.84. The average molecular weight is 582 g/mol. The van der Waals surface area contributed by atoms with Gasteiger partial charge in [-0.1, -0.05) is 48.0 Å². The van der Waals surface area contributed by atoms with Crippen LogP contribution in [0.25, 0.3) is 11.1 Å². The van der Waals surface area contributed by atoms with Gasteiger partial charge in [0.2, 0.25) is 10.0 Å². The Kier molecular flexibility index (Phi) is 7.92. The van der Waals surface area contributed by atoms with Crippen LogP contribution in [0.15, 0.2) is 82.6 Å². The van der Waals surface area contributed by atoms with Gasteiger partial charge >= 0.3 is 0 Å². The van der Waals surface area contributed by atoms with Crippen LogP contribution in [-0.4, -0.2) is 55.8 Å².